The smallest absolute Gasteiger partial charge is 0.254 e. The Kier molecular flexibility index (Phi) is 6.46. The van der Waals surface area contributed by atoms with E-state index >= 15 is 0 Å². The number of hydrogen-bond acceptors (Lipinski definition) is 4. The molecule has 1 aromatic rings. The minimum absolute atomic E-state index is 0.0926. The fraction of sp³-hybridized carbons (Fsp3) is 0.556. The summed E-state index contributed by atoms with van der Waals surface area (Å²) >= 11 is 0. The summed E-state index contributed by atoms with van der Waals surface area (Å²) in [5, 5.41) is 0. The van der Waals surface area contributed by atoms with Gasteiger partial charge >= 0.3 is 0 Å². The molecule has 1 saturated heterocycles. The van der Waals surface area contributed by atoms with Crippen LogP contribution in [0.4, 0.5) is 0 Å². The van der Waals surface area contributed by atoms with Gasteiger partial charge in [-0.25, -0.2) is 0 Å². The van der Waals surface area contributed by atoms with Gasteiger partial charge in [0.2, 0.25) is 5.91 Å². The highest BCUT2D eigenvalue weighted by Gasteiger charge is 2.29. The second-order valence-electron chi connectivity index (χ2n) is 5.85. The Bertz CT molecular complexity index is 588. The van der Waals surface area contributed by atoms with E-state index in [2.05, 4.69) is 0 Å². The van der Waals surface area contributed by atoms with Gasteiger partial charge in [-0.05, 0) is 51.3 Å². The molecule has 2 amide bonds. The van der Waals surface area contributed by atoms with E-state index in [-0.39, 0.29) is 24.3 Å². The van der Waals surface area contributed by atoms with E-state index < -0.39 is 0 Å². The van der Waals surface area contributed by atoms with Crippen molar-refractivity contribution in [2.45, 2.75) is 45.6 Å². The first kappa shape index (κ1) is 18.1. The van der Waals surface area contributed by atoms with Gasteiger partial charge in [-0.2, -0.15) is 0 Å². The van der Waals surface area contributed by atoms with Gasteiger partial charge in [-0.3, -0.25) is 9.59 Å². The van der Waals surface area contributed by atoms with Gasteiger partial charge in [-0.1, -0.05) is 0 Å². The molecule has 0 spiro atoms. The van der Waals surface area contributed by atoms with Crippen molar-refractivity contribution in [1.29, 1.82) is 0 Å². The number of amides is 2. The summed E-state index contributed by atoms with van der Waals surface area (Å²) in [4.78, 5) is 25.9. The monoisotopic (exact) mass is 334 g/mol. The van der Waals surface area contributed by atoms with Crippen molar-refractivity contribution in [1.82, 2.24) is 4.90 Å². The average Bonchev–Trinajstić information content (AvgIpc) is 2.56. The molecular formula is C18H26N2O4. The van der Waals surface area contributed by atoms with Crippen LogP contribution in [-0.2, 0) is 4.79 Å². The number of piperidine rings is 1. The molecule has 6 nitrogen and oxygen atoms in total. The van der Waals surface area contributed by atoms with Crippen LogP contribution in [0.3, 0.4) is 0 Å². The maximum atomic E-state index is 12.9. The van der Waals surface area contributed by atoms with Gasteiger partial charge in [0, 0.05) is 24.6 Å². The standard InChI is InChI=1S/C18H26N2O4/c1-3-23-15-9-8-13(11-16(15)24-4-2)18(22)20-10-6-5-7-14(20)12-17(19)21/h8-9,11,14H,3-7,10,12H2,1-2H3,(H2,19,21). The molecule has 0 saturated carbocycles. The van der Waals surface area contributed by atoms with E-state index in [9.17, 15) is 9.59 Å². The largest absolute Gasteiger partial charge is 0.490 e. The zero-order valence-electron chi connectivity index (χ0n) is 14.4. The quantitative estimate of drug-likeness (QED) is 0.830. The van der Waals surface area contributed by atoms with E-state index in [1.165, 1.54) is 0 Å². The summed E-state index contributed by atoms with van der Waals surface area (Å²) in [7, 11) is 0. The second kappa shape index (κ2) is 8.57. The van der Waals surface area contributed by atoms with Gasteiger partial charge in [0.15, 0.2) is 11.5 Å². The summed E-state index contributed by atoms with van der Waals surface area (Å²) in [6, 6.07) is 5.10. The minimum atomic E-state index is -0.374. The van der Waals surface area contributed by atoms with Crippen LogP contribution in [-0.4, -0.2) is 42.5 Å². The lowest BCUT2D eigenvalue weighted by atomic mass is 9.98. The van der Waals surface area contributed by atoms with Crippen LogP contribution >= 0.6 is 0 Å². The van der Waals surface area contributed by atoms with Gasteiger partial charge < -0.3 is 20.1 Å². The van der Waals surface area contributed by atoms with Crippen molar-refractivity contribution < 1.29 is 19.1 Å². The van der Waals surface area contributed by atoms with Crippen LogP contribution in [0.25, 0.3) is 0 Å². The lowest BCUT2D eigenvalue weighted by molar-refractivity contribution is -0.119. The number of rotatable bonds is 7. The molecule has 24 heavy (non-hydrogen) atoms. The molecule has 1 atom stereocenters. The number of primary amides is 1. The molecule has 1 aromatic carbocycles. The third-order valence-corrected chi connectivity index (χ3v) is 4.12. The van der Waals surface area contributed by atoms with Crippen LogP contribution in [0.1, 0.15) is 49.9 Å². The van der Waals surface area contributed by atoms with E-state index in [0.29, 0.717) is 36.8 Å². The summed E-state index contributed by atoms with van der Waals surface area (Å²) in [5.41, 5.74) is 5.87. The van der Waals surface area contributed by atoms with Crippen molar-refractivity contribution in [3.63, 3.8) is 0 Å². The zero-order chi connectivity index (χ0) is 17.5. The van der Waals surface area contributed by atoms with Crippen molar-refractivity contribution in [2.75, 3.05) is 19.8 Å². The lowest BCUT2D eigenvalue weighted by Gasteiger charge is -2.35. The van der Waals surface area contributed by atoms with E-state index in [0.717, 1.165) is 19.3 Å². The number of ether oxygens (including phenoxy) is 2. The molecule has 1 aliphatic rings. The van der Waals surface area contributed by atoms with E-state index in [1.54, 1.807) is 23.1 Å². The molecular weight excluding hydrogens is 308 g/mol. The molecule has 0 aromatic heterocycles. The molecule has 1 unspecified atom stereocenters. The number of carbonyl (C=O) groups excluding carboxylic acids is 2. The average molecular weight is 334 g/mol. The molecule has 0 bridgehead atoms. The van der Waals surface area contributed by atoms with Crippen LogP contribution in [0.5, 0.6) is 11.5 Å². The number of benzene rings is 1. The molecule has 2 rings (SSSR count). The SMILES string of the molecule is CCOc1ccc(C(=O)N2CCCCC2CC(N)=O)cc1OCC. The fourth-order valence-corrected chi connectivity index (χ4v) is 3.06. The lowest BCUT2D eigenvalue weighted by Crippen LogP contribution is -2.45. The Labute approximate surface area is 142 Å². The van der Waals surface area contributed by atoms with Gasteiger partial charge in [0.25, 0.3) is 5.91 Å². The summed E-state index contributed by atoms with van der Waals surface area (Å²) in [6.45, 7) is 5.45. The third kappa shape index (κ3) is 4.40. The van der Waals surface area contributed by atoms with Crippen LogP contribution < -0.4 is 15.2 Å². The maximum absolute atomic E-state index is 12.9. The second-order valence-corrected chi connectivity index (χ2v) is 5.85. The topological polar surface area (TPSA) is 81.9 Å². The number of likely N-dealkylation sites (tertiary alicyclic amines) is 1. The number of nitrogens with two attached hydrogens (primary N) is 1. The van der Waals surface area contributed by atoms with Gasteiger partial charge in [0.1, 0.15) is 0 Å². The Morgan fingerprint density at radius 3 is 2.54 bits per heavy atom. The van der Waals surface area contributed by atoms with Crippen molar-refractivity contribution in [3.8, 4) is 11.5 Å². The van der Waals surface area contributed by atoms with Crippen molar-refractivity contribution >= 4 is 11.8 Å². The molecule has 1 heterocycles. The maximum Gasteiger partial charge on any atom is 0.254 e. The minimum Gasteiger partial charge on any atom is -0.490 e. The Hall–Kier alpha value is -2.24. The van der Waals surface area contributed by atoms with Gasteiger partial charge in [-0.15, -0.1) is 0 Å². The van der Waals surface area contributed by atoms with Gasteiger partial charge in [0.05, 0.1) is 13.2 Å². The zero-order valence-corrected chi connectivity index (χ0v) is 14.4. The predicted molar refractivity (Wildman–Crippen MR) is 91.3 cm³/mol. The van der Waals surface area contributed by atoms with Crippen molar-refractivity contribution in [3.05, 3.63) is 23.8 Å². The van der Waals surface area contributed by atoms with E-state index in [1.807, 2.05) is 13.8 Å². The molecule has 6 heteroatoms. The van der Waals surface area contributed by atoms with E-state index in [4.69, 9.17) is 15.2 Å². The van der Waals surface area contributed by atoms with Crippen LogP contribution in [0.15, 0.2) is 18.2 Å². The number of nitrogens with zero attached hydrogens (tertiary/aromatic N) is 1. The van der Waals surface area contributed by atoms with Crippen LogP contribution in [0.2, 0.25) is 0 Å². The predicted octanol–water partition coefficient (Wildman–Crippen LogP) is 2.35. The fourth-order valence-electron chi connectivity index (χ4n) is 3.06. The number of hydrogen-bond donors (Lipinski definition) is 1. The summed E-state index contributed by atoms with van der Waals surface area (Å²) in [6.07, 6.45) is 2.97. The first-order chi connectivity index (χ1) is 11.6. The molecule has 1 fully saturated rings. The Balaban J connectivity index is 2.23. The molecule has 0 radical (unpaired) electrons. The van der Waals surface area contributed by atoms with Crippen LogP contribution in [0, 0.1) is 0 Å². The highest BCUT2D eigenvalue weighted by atomic mass is 16.5. The first-order valence-electron chi connectivity index (χ1n) is 8.55. The molecule has 2 N–H and O–H groups in total. The highest BCUT2D eigenvalue weighted by Crippen LogP contribution is 2.30. The summed E-state index contributed by atoms with van der Waals surface area (Å²) in [5.74, 6) is 0.725. The molecule has 1 aliphatic heterocycles. The molecule has 132 valence electrons. The normalized spacial score (nSPS) is 17.4. The third-order valence-electron chi connectivity index (χ3n) is 4.12. The Morgan fingerprint density at radius 1 is 1.17 bits per heavy atom. The van der Waals surface area contributed by atoms with Crippen molar-refractivity contribution in [2.24, 2.45) is 5.73 Å². The number of carbonyl (C=O) groups is 2. The summed E-state index contributed by atoms with van der Waals surface area (Å²) < 4.78 is 11.1. The highest BCUT2D eigenvalue weighted by molar-refractivity contribution is 5.95. The molecule has 0 aliphatic carbocycles. The Morgan fingerprint density at radius 2 is 1.88 bits per heavy atom. The first-order valence-corrected chi connectivity index (χ1v) is 8.55.